The maximum atomic E-state index is 13.4. The van der Waals surface area contributed by atoms with E-state index in [1.54, 1.807) is 29.2 Å². The molecule has 0 spiro atoms. The summed E-state index contributed by atoms with van der Waals surface area (Å²) in [7, 11) is 0. The van der Waals surface area contributed by atoms with Crippen LogP contribution in [0.2, 0.25) is 10.0 Å². The van der Waals surface area contributed by atoms with Gasteiger partial charge in [-0.05, 0) is 66.1 Å². The Kier molecular flexibility index (Phi) is 7.54. The molecule has 0 heterocycles. The highest BCUT2D eigenvalue weighted by molar-refractivity contribution is 6.35. The summed E-state index contributed by atoms with van der Waals surface area (Å²) in [5, 5.41) is 0.692. The summed E-state index contributed by atoms with van der Waals surface area (Å²) in [6, 6.07) is 18.1. The molecule has 4 rings (SSSR count). The van der Waals surface area contributed by atoms with Crippen LogP contribution < -0.4 is 0 Å². The number of alkyl halides is 3. The largest absolute Gasteiger partial charge is 0.416 e. The molecule has 1 aliphatic rings. The first-order valence-electron chi connectivity index (χ1n) is 11.2. The molecule has 0 aromatic heterocycles. The summed E-state index contributed by atoms with van der Waals surface area (Å²) < 4.78 is 39.3. The third kappa shape index (κ3) is 6.13. The zero-order valence-electron chi connectivity index (χ0n) is 18.4. The smallest absolute Gasteiger partial charge is 0.334 e. The summed E-state index contributed by atoms with van der Waals surface area (Å²) in [5.74, 6) is 0.334. The molecular formula is C27H24Cl2F3NO. The van der Waals surface area contributed by atoms with E-state index >= 15 is 0 Å². The van der Waals surface area contributed by atoms with E-state index in [0.717, 1.165) is 17.7 Å². The van der Waals surface area contributed by atoms with Gasteiger partial charge in [0.1, 0.15) is 0 Å². The molecule has 7 heteroatoms. The van der Waals surface area contributed by atoms with Gasteiger partial charge in [0.15, 0.2) is 0 Å². The molecular weight excluding hydrogens is 482 g/mol. The summed E-state index contributed by atoms with van der Waals surface area (Å²) in [4.78, 5) is 15.0. The predicted octanol–water partition coefficient (Wildman–Crippen LogP) is 8.16. The Morgan fingerprint density at radius 2 is 1.59 bits per heavy atom. The summed E-state index contributed by atoms with van der Waals surface area (Å²) in [6.07, 6.45) is -0.464. The third-order valence-corrected chi connectivity index (χ3v) is 6.69. The van der Waals surface area contributed by atoms with Gasteiger partial charge in [-0.25, -0.2) is 0 Å². The quantitative estimate of drug-likeness (QED) is 0.317. The van der Waals surface area contributed by atoms with E-state index in [-0.39, 0.29) is 18.9 Å². The van der Waals surface area contributed by atoms with Crippen LogP contribution in [0.4, 0.5) is 13.2 Å². The molecule has 178 valence electrons. The van der Waals surface area contributed by atoms with Crippen LogP contribution in [0, 0.1) is 0 Å². The molecule has 2 nitrogen and oxygen atoms in total. The van der Waals surface area contributed by atoms with Crippen LogP contribution in [0.25, 0.3) is 0 Å². The third-order valence-electron chi connectivity index (χ3n) is 6.25. The molecule has 1 saturated carbocycles. The van der Waals surface area contributed by atoms with Crippen LogP contribution in [-0.4, -0.2) is 17.4 Å². The Hall–Kier alpha value is -2.50. The zero-order valence-corrected chi connectivity index (χ0v) is 19.9. The molecule has 1 amide bonds. The fraction of sp³-hybridized carbons (Fsp3) is 0.296. The Morgan fingerprint density at radius 3 is 2.18 bits per heavy atom. The lowest BCUT2D eigenvalue weighted by Crippen LogP contribution is -2.32. The van der Waals surface area contributed by atoms with Crippen molar-refractivity contribution in [3.05, 3.63) is 105 Å². The number of rotatable bonds is 7. The Labute approximate surface area is 207 Å². The number of carbonyl (C=O) groups is 1. The van der Waals surface area contributed by atoms with E-state index in [4.69, 9.17) is 23.2 Å². The fourth-order valence-corrected chi connectivity index (χ4v) is 4.66. The number of amides is 1. The van der Waals surface area contributed by atoms with Gasteiger partial charge in [0.05, 0.1) is 5.56 Å². The molecule has 0 radical (unpaired) electrons. The molecule has 0 saturated heterocycles. The number of hydrogen-bond acceptors (Lipinski definition) is 1. The molecule has 3 aromatic rings. The number of carbonyl (C=O) groups excluding carboxylic acids is 1. The number of nitrogens with zero attached hydrogens (tertiary/aromatic N) is 1. The Morgan fingerprint density at radius 1 is 0.912 bits per heavy atom. The molecule has 0 unspecified atom stereocenters. The van der Waals surface area contributed by atoms with Crippen LogP contribution in [-0.2, 0) is 19.1 Å². The summed E-state index contributed by atoms with van der Waals surface area (Å²) in [5.41, 5.74) is 2.41. The fourth-order valence-electron chi connectivity index (χ4n) is 4.14. The SMILES string of the molecule is O=C(c1cc(Cl)cc(Cl)c1)N(CCc1cccc(C(F)(F)F)c1)Cc1ccc(C2CCC2)cc1. The van der Waals surface area contributed by atoms with E-state index in [0.29, 0.717) is 33.6 Å². The molecule has 3 aromatic carbocycles. The topological polar surface area (TPSA) is 20.3 Å². The van der Waals surface area contributed by atoms with Crippen molar-refractivity contribution in [2.24, 2.45) is 0 Å². The van der Waals surface area contributed by atoms with E-state index in [9.17, 15) is 18.0 Å². The van der Waals surface area contributed by atoms with Gasteiger partial charge in [0.25, 0.3) is 5.91 Å². The van der Waals surface area contributed by atoms with Crippen molar-refractivity contribution in [1.29, 1.82) is 0 Å². The average Bonchev–Trinajstić information content (AvgIpc) is 2.75. The maximum absolute atomic E-state index is 13.4. The Balaban J connectivity index is 1.55. The molecule has 0 atom stereocenters. The van der Waals surface area contributed by atoms with Crippen LogP contribution in [0.3, 0.4) is 0 Å². The molecule has 0 aliphatic heterocycles. The zero-order chi connectivity index (χ0) is 24.3. The van der Waals surface area contributed by atoms with Crippen molar-refractivity contribution in [2.75, 3.05) is 6.54 Å². The summed E-state index contributed by atoms with van der Waals surface area (Å²) >= 11 is 12.2. The molecule has 1 aliphatic carbocycles. The van der Waals surface area contributed by atoms with Crippen LogP contribution >= 0.6 is 23.2 Å². The van der Waals surface area contributed by atoms with Gasteiger partial charge in [0.2, 0.25) is 0 Å². The molecule has 1 fully saturated rings. The van der Waals surface area contributed by atoms with Gasteiger partial charge in [-0.15, -0.1) is 0 Å². The summed E-state index contributed by atoms with van der Waals surface area (Å²) in [6.45, 7) is 0.571. The van der Waals surface area contributed by atoms with Crippen molar-refractivity contribution in [3.63, 3.8) is 0 Å². The second-order valence-electron chi connectivity index (χ2n) is 8.70. The standard InChI is InChI=1S/C27H24Cl2F3NO/c28-24-14-22(15-25(29)16-24)26(34)33(12-11-18-3-1-6-23(13-18)27(30,31)32)17-19-7-9-21(10-8-19)20-4-2-5-20/h1,3,6-10,13-16,20H,2,4-5,11-12,17H2. The minimum absolute atomic E-state index is 0.245. The highest BCUT2D eigenvalue weighted by Gasteiger charge is 2.30. The minimum atomic E-state index is -4.41. The van der Waals surface area contributed by atoms with E-state index < -0.39 is 11.7 Å². The second kappa shape index (κ2) is 10.4. The number of hydrogen-bond donors (Lipinski definition) is 0. The van der Waals surface area contributed by atoms with Gasteiger partial charge in [-0.3, -0.25) is 4.79 Å². The minimum Gasteiger partial charge on any atom is -0.334 e. The van der Waals surface area contributed by atoms with Gasteiger partial charge < -0.3 is 4.90 Å². The van der Waals surface area contributed by atoms with Crippen molar-refractivity contribution >= 4 is 29.1 Å². The molecule has 0 bridgehead atoms. The van der Waals surface area contributed by atoms with Crippen molar-refractivity contribution in [1.82, 2.24) is 4.90 Å². The van der Waals surface area contributed by atoms with Crippen LogP contribution in [0.5, 0.6) is 0 Å². The van der Waals surface area contributed by atoms with Gasteiger partial charge in [0, 0.05) is 28.7 Å². The first-order valence-corrected chi connectivity index (χ1v) is 11.9. The van der Waals surface area contributed by atoms with Crippen LogP contribution in [0.15, 0.2) is 66.7 Å². The Bertz CT molecular complexity index is 1140. The lowest BCUT2D eigenvalue weighted by Gasteiger charge is -2.27. The first kappa shape index (κ1) is 24.6. The number of halogens is 5. The number of benzene rings is 3. The van der Waals surface area contributed by atoms with Crippen molar-refractivity contribution in [2.45, 2.75) is 44.3 Å². The van der Waals surface area contributed by atoms with Gasteiger partial charge >= 0.3 is 6.18 Å². The van der Waals surface area contributed by atoms with Gasteiger partial charge in [-0.2, -0.15) is 13.2 Å². The second-order valence-corrected chi connectivity index (χ2v) is 9.58. The molecule has 34 heavy (non-hydrogen) atoms. The van der Waals surface area contributed by atoms with E-state index in [1.165, 1.54) is 30.9 Å². The lowest BCUT2D eigenvalue weighted by atomic mass is 9.80. The van der Waals surface area contributed by atoms with Crippen molar-refractivity contribution < 1.29 is 18.0 Å². The van der Waals surface area contributed by atoms with Crippen molar-refractivity contribution in [3.8, 4) is 0 Å². The predicted molar refractivity (Wildman–Crippen MR) is 129 cm³/mol. The first-order chi connectivity index (χ1) is 16.2. The van der Waals surface area contributed by atoms with E-state index in [1.807, 2.05) is 12.1 Å². The average molecular weight is 506 g/mol. The highest BCUT2D eigenvalue weighted by Crippen LogP contribution is 2.36. The molecule has 0 N–H and O–H groups in total. The monoisotopic (exact) mass is 505 g/mol. The van der Waals surface area contributed by atoms with Gasteiger partial charge in [-0.1, -0.05) is 72.1 Å². The highest BCUT2D eigenvalue weighted by atomic mass is 35.5. The van der Waals surface area contributed by atoms with Crippen LogP contribution in [0.1, 0.15) is 57.8 Å². The maximum Gasteiger partial charge on any atom is 0.416 e. The normalized spacial score (nSPS) is 14.0. The van der Waals surface area contributed by atoms with E-state index in [2.05, 4.69) is 12.1 Å². The lowest BCUT2D eigenvalue weighted by molar-refractivity contribution is -0.137.